The van der Waals surface area contributed by atoms with Crippen LogP contribution in [0.15, 0.2) is 53.1 Å². The van der Waals surface area contributed by atoms with Gasteiger partial charge in [-0.2, -0.15) is 0 Å². The average molecular weight is 291 g/mol. The second kappa shape index (κ2) is 5.94. The lowest BCUT2D eigenvalue weighted by Crippen LogP contribution is -2.18. The summed E-state index contributed by atoms with van der Waals surface area (Å²) in [4.78, 5) is 4.39. The van der Waals surface area contributed by atoms with Crippen LogP contribution in [0.3, 0.4) is 0 Å². The van der Waals surface area contributed by atoms with E-state index in [0.29, 0.717) is 6.04 Å². The third-order valence-corrected chi connectivity index (χ3v) is 3.10. The Morgan fingerprint density at radius 3 is 2.59 bits per heavy atom. The molecular weight excluding hydrogens is 276 g/mol. The molecule has 1 heterocycles. The van der Waals surface area contributed by atoms with Crippen molar-refractivity contribution >= 4 is 15.9 Å². The lowest BCUT2D eigenvalue weighted by Gasteiger charge is -2.13. The predicted octanol–water partition coefficient (Wildman–Crippen LogP) is 3.69. The van der Waals surface area contributed by atoms with Crippen molar-refractivity contribution in [3.63, 3.8) is 0 Å². The zero-order valence-corrected chi connectivity index (χ0v) is 11.3. The van der Waals surface area contributed by atoms with Crippen molar-refractivity contribution in [1.82, 2.24) is 10.3 Å². The molecule has 1 N–H and O–H groups in total. The first-order valence-electron chi connectivity index (χ1n) is 5.65. The van der Waals surface area contributed by atoms with Gasteiger partial charge in [0.05, 0.1) is 5.69 Å². The van der Waals surface area contributed by atoms with Gasteiger partial charge in [-0.1, -0.05) is 36.4 Å². The fraction of sp³-hybridized carbons (Fsp3) is 0.214. The minimum Gasteiger partial charge on any atom is -0.305 e. The second-order valence-corrected chi connectivity index (χ2v) is 4.78. The first kappa shape index (κ1) is 12.3. The maximum atomic E-state index is 4.39. The number of benzene rings is 1. The van der Waals surface area contributed by atoms with Crippen LogP contribution in [0.2, 0.25) is 0 Å². The van der Waals surface area contributed by atoms with Crippen molar-refractivity contribution in [2.75, 3.05) is 0 Å². The molecule has 0 bridgehead atoms. The standard InChI is InChI=1S/C14H15BrN2/c1-11(12-6-3-2-4-7-12)16-10-13-8-5-9-14(15)17-13/h2-9,11,16H,10H2,1H3/t11-/m0/s1. The third kappa shape index (κ3) is 3.65. The predicted molar refractivity (Wildman–Crippen MR) is 73.6 cm³/mol. The van der Waals surface area contributed by atoms with Gasteiger partial charge in [-0.25, -0.2) is 4.98 Å². The molecule has 0 radical (unpaired) electrons. The Morgan fingerprint density at radius 1 is 1.12 bits per heavy atom. The van der Waals surface area contributed by atoms with Crippen LogP contribution in [0.25, 0.3) is 0 Å². The van der Waals surface area contributed by atoms with E-state index >= 15 is 0 Å². The average Bonchev–Trinajstić information content (AvgIpc) is 2.37. The second-order valence-electron chi connectivity index (χ2n) is 3.96. The van der Waals surface area contributed by atoms with Gasteiger partial charge in [0.15, 0.2) is 0 Å². The number of nitrogens with zero attached hydrogens (tertiary/aromatic N) is 1. The molecule has 0 aliphatic heterocycles. The van der Waals surface area contributed by atoms with E-state index in [4.69, 9.17) is 0 Å². The molecule has 88 valence electrons. The SMILES string of the molecule is C[C@H](NCc1cccc(Br)n1)c1ccccc1. The maximum absolute atomic E-state index is 4.39. The van der Waals surface area contributed by atoms with Gasteiger partial charge < -0.3 is 5.32 Å². The van der Waals surface area contributed by atoms with Gasteiger partial charge in [0.25, 0.3) is 0 Å². The van der Waals surface area contributed by atoms with Crippen LogP contribution in [0, 0.1) is 0 Å². The Labute approximate surface area is 110 Å². The first-order valence-corrected chi connectivity index (χ1v) is 6.45. The molecule has 0 spiro atoms. The van der Waals surface area contributed by atoms with E-state index in [-0.39, 0.29) is 0 Å². The lowest BCUT2D eigenvalue weighted by molar-refractivity contribution is 0.567. The minimum atomic E-state index is 0.331. The van der Waals surface area contributed by atoms with Crippen LogP contribution in [0.1, 0.15) is 24.2 Å². The Balaban J connectivity index is 1.95. The van der Waals surface area contributed by atoms with Crippen LogP contribution in [-0.4, -0.2) is 4.98 Å². The monoisotopic (exact) mass is 290 g/mol. The van der Waals surface area contributed by atoms with E-state index in [0.717, 1.165) is 16.8 Å². The molecular formula is C14H15BrN2. The zero-order chi connectivity index (χ0) is 12.1. The molecule has 1 aromatic carbocycles. The highest BCUT2D eigenvalue weighted by atomic mass is 79.9. The molecule has 1 aromatic heterocycles. The number of aromatic nitrogens is 1. The summed E-state index contributed by atoms with van der Waals surface area (Å²) < 4.78 is 0.879. The van der Waals surface area contributed by atoms with Crippen molar-refractivity contribution in [1.29, 1.82) is 0 Å². The summed E-state index contributed by atoms with van der Waals surface area (Å²) in [5.41, 5.74) is 2.34. The van der Waals surface area contributed by atoms with Gasteiger partial charge in [0, 0.05) is 12.6 Å². The van der Waals surface area contributed by atoms with Gasteiger partial charge in [-0.15, -0.1) is 0 Å². The molecule has 2 nitrogen and oxygen atoms in total. The largest absolute Gasteiger partial charge is 0.305 e. The summed E-state index contributed by atoms with van der Waals surface area (Å²) >= 11 is 3.38. The normalized spacial score (nSPS) is 12.4. The summed E-state index contributed by atoms with van der Waals surface area (Å²) in [6.07, 6.45) is 0. The van der Waals surface area contributed by atoms with Crippen LogP contribution < -0.4 is 5.32 Å². The quantitative estimate of drug-likeness (QED) is 0.869. The molecule has 0 fully saturated rings. The van der Waals surface area contributed by atoms with E-state index in [2.05, 4.69) is 57.4 Å². The van der Waals surface area contributed by atoms with E-state index in [1.54, 1.807) is 0 Å². The smallest absolute Gasteiger partial charge is 0.106 e. The van der Waals surface area contributed by atoms with Crippen LogP contribution in [0.4, 0.5) is 0 Å². The molecule has 3 heteroatoms. The van der Waals surface area contributed by atoms with Crippen molar-refractivity contribution in [2.24, 2.45) is 0 Å². The first-order chi connectivity index (χ1) is 8.25. The lowest BCUT2D eigenvalue weighted by atomic mass is 10.1. The topological polar surface area (TPSA) is 24.9 Å². The Morgan fingerprint density at radius 2 is 1.88 bits per heavy atom. The molecule has 2 rings (SSSR count). The van der Waals surface area contributed by atoms with Gasteiger partial charge in [0.1, 0.15) is 4.60 Å². The van der Waals surface area contributed by atoms with Gasteiger partial charge in [-0.05, 0) is 40.5 Å². The Hall–Kier alpha value is -1.19. The van der Waals surface area contributed by atoms with Crippen molar-refractivity contribution in [2.45, 2.75) is 19.5 Å². The summed E-state index contributed by atoms with van der Waals surface area (Å²) in [6, 6.07) is 16.7. The zero-order valence-electron chi connectivity index (χ0n) is 9.73. The van der Waals surface area contributed by atoms with Crippen molar-refractivity contribution in [3.8, 4) is 0 Å². The van der Waals surface area contributed by atoms with Crippen LogP contribution in [-0.2, 0) is 6.54 Å². The molecule has 17 heavy (non-hydrogen) atoms. The fourth-order valence-corrected chi connectivity index (χ4v) is 2.05. The fourth-order valence-electron chi connectivity index (χ4n) is 1.67. The molecule has 0 saturated carbocycles. The Kier molecular flexibility index (Phi) is 4.29. The summed E-state index contributed by atoms with van der Waals surface area (Å²) in [6.45, 7) is 2.93. The van der Waals surface area contributed by atoms with E-state index in [1.165, 1.54) is 5.56 Å². The molecule has 0 amide bonds. The number of pyridine rings is 1. The van der Waals surface area contributed by atoms with E-state index in [9.17, 15) is 0 Å². The summed E-state index contributed by atoms with van der Waals surface area (Å²) in [5.74, 6) is 0. The maximum Gasteiger partial charge on any atom is 0.106 e. The number of hydrogen-bond donors (Lipinski definition) is 1. The van der Waals surface area contributed by atoms with Crippen molar-refractivity contribution < 1.29 is 0 Å². The number of halogens is 1. The molecule has 0 saturated heterocycles. The Bertz CT molecular complexity index is 471. The number of hydrogen-bond acceptors (Lipinski definition) is 2. The van der Waals surface area contributed by atoms with E-state index in [1.807, 2.05) is 24.3 Å². The highest BCUT2D eigenvalue weighted by molar-refractivity contribution is 9.10. The molecule has 0 aliphatic carbocycles. The molecule has 0 aliphatic rings. The summed E-state index contributed by atoms with van der Waals surface area (Å²) in [5, 5.41) is 3.46. The van der Waals surface area contributed by atoms with Crippen molar-refractivity contribution in [3.05, 3.63) is 64.4 Å². The van der Waals surface area contributed by atoms with Crippen LogP contribution >= 0.6 is 15.9 Å². The minimum absolute atomic E-state index is 0.331. The van der Waals surface area contributed by atoms with Gasteiger partial charge in [0.2, 0.25) is 0 Å². The van der Waals surface area contributed by atoms with Crippen LogP contribution in [0.5, 0.6) is 0 Å². The van der Waals surface area contributed by atoms with Gasteiger partial charge >= 0.3 is 0 Å². The molecule has 0 unspecified atom stereocenters. The van der Waals surface area contributed by atoms with E-state index < -0.39 is 0 Å². The highest BCUT2D eigenvalue weighted by Gasteiger charge is 2.04. The number of rotatable bonds is 4. The third-order valence-electron chi connectivity index (χ3n) is 2.66. The summed E-state index contributed by atoms with van der Waals surface area (Å²) in [7, 11) is 0. The molecule has 1 atom stereocenters. The number of nitrogens with one attached hydrogen (secondary N) is 1. The molecule has 2 aromatic rings. The highest BCUT2D eigenvalue weighted by Crippen LogP contribution is 2.12. The van der Waals surface area contributed by atoms with Gasteiger partial charge in [-0.3, -0.25) is 0 Å².